The Hall–Kier alpha value is -2.13. The Labute approximate surface area is 137 Å². The van der Waals surface area contributed by atoms with E-state index in [1.165, 1.54) is 5.56 Å². The van der Waals surface area contributed by atoms with Crippen molar-refractivity contribution in [3.05, 3.63) is 75.6 Å². The number of aromatic nitrogens is 2. The molecule has 0 unspecified atom stereocenters. The molecule has 2 aromatic carbocycles. The molecule has 3 rings (SSSR count). The second-order valence-corrected chi connectivity index (χ2v) is 5.96. The first-order valence-electron chi connectivity index (χ1n) is 6.52. The number of rotatable bonds is 3. The molecule has 0 saturated heterocycles. The fourth-order valence-corrected chi connectivity index (χ4v) is 2.68. The van der Waals surface area contributed by atoms with Gasteiger partial charge in [-0.05, 0) is 45.3 Å². The summed E-state index contributed by atoms with van der Waals surface area (Å²) >= 11 is 2.25. The molecule has 0 bridgehead atoms. The molecule has 3 aromatic rings. The molecule has 0 radical (unpaired) electrons. The highest BCUT2D eigenvalue weighted by atomic mass is 127. The highest BCUT2D eigenvalue weighted by Gasteiger charge is 2.04. The van der Waals surface area contributed by atoms with Crippen molar-refractivity contribution in [1.82, 2.24) is 9.78 Å². The van der Waals surface area contributed by atoms with Crippen molar-refractivity contribution in [3.8, 4) is 17.2 Å². The molecule has 0 fully saturated rings. The average Bonchev–Trinajstić information content (AvgIpc) is 2.93. The summed E-state index contributed by atoms with van der Waals surface area (Å²) in [5.41, 5.74) is 3.92. The molecule has 0 spiro atoms. The van der Waals surface area contributed by atoms with E-state index >= 15 is 0 Å². The van der Waals surface area contributed by atoms with E-state index in [2.05, 4.69) is 58.0 Å². The van der Waals surface area contributed by atoms with Gasteiger partial charge < -0.3 is 0 Å². The van der Waals surface area contributed by atoms with Gasteiger partial charge in [0.1, 0.15) is 0 Å². The topological polar surface area (TPSA) is 41.6 Å². The van der Waals surface area contributed by atoms with Crippen LogP contribution in [-0.4, -0.2) is 9.78 Å². The average molecular weight is 385 g/mol. The van der Waals surface area contributed by atoms with E-state index in [-0.39, 0.29) is 0 Å². The smallest absolute Gasteiger partial charge is 0.0998 e. The van der Waals surface area contributed by atoms with Gasteiger partial charge in [0.25, 0.3) is 0 Å². The lowest BCUT2D eigenvalue weighted by molar-refractivity contribution is 0.686. The normalized spacial score (nSPS) is 10.3. The van der Waals surface area contributed by atoms with Crippen LogP contribution in [0, 0.1) is 14.9 Å². The molecule has 0 N–H and O–H groups in total. The van der Waals surface area contributed by atoms with Gasteiger partial charge in [-0.2, -0.15) is 10.4 Å². The summed E-state index contributed by atoms with van der Waals surface area (Å²) in [4.78, 5) is 0. The molecular formula is C17H12IN3. The summed E-state index contributed by atoms with van der Waals surface area (Å²) in [7, 11) is 0. The van der Waals surface area contributed by atoms with Crippen molar-refractivity contribution in [2.75, 3.05) is 0 Å². The first-order valence-corrected chi connectivity index (χ1v) is 7.60. The van der Waals surface area contributed by atoms with E-state index in [9.17, 15) is 0 Å². The number of hydrogen-bond donors (Lipinski definition) is 0. The third-order valence-electron chi connectivity index (χ3n) is 3.26. The largest absolute Gasteiger partial charge is 0.267 e. The Bertz CT molecular complexity index is 797. The lowest BCUT2D eigenvalue weighted by Gasteiger charge is -2.06. The minimum Gasteiger partial charge on any atom is -0.267 e. The van der Waals surface area contributed by atoms with E-state index in [0.29, 0.717) is 5.56 Å². The number of hydrogen-bond acceptors (Lipinski definition) is 2. The lowest BCUT2D eigenvalue weighted by atomic mass is 9.99. The second-order valence-electron chi connectivity index (χ2n) is 4.71. The van der Waals surface area contributed by atoms with Crippen LogP contribution in [0.2, 0.25) is 0 Å². The van der Waals surface area contributed by atoms with Gasteiger partial charge >= 0.3 is 0 Å². The van der Waals surface area contributed by atoms with Gasteiger partial charge in [-0.1, -0.05) is 42.5 Å². The van der Waals surface area contributed by atoms with Gasteiger partial charge in [0, 0.05) is 6.20 Å². The number of halogens is 1. The van der Waals surface area contributed by atoms with Crippen molar-refractivity contribution in [1.29, 1.82) is 5.26 Å². The molecule has 0 amide bonds. The molecule has 0 aliphatic carbocycles. The van der Waals surface area contributed by atoms with E-state index in [1.807, 2.05) is 41.3 Å². The monoisotopic (exact) mass is 385 g/mol. The van der Waals surface area contributed by atoms with Gasteiger partial charge in [0.2, 0.25) is 0 Å². The number of nitriles is 1. The summed E-state index contributed by atoms with van der Waals surface area (Å²) in [6, 6.07) is 18.2. The zero-order valence-corrected chi connectivity index (χ0v) is 13.4. The first-order chi connectivity index (χ1) is 10.3. The number of benzene rings is 2. The molecule has 0 aliphatic heterocycles. The quantitative estimate of drug-likeness (QED) is 0.638. The van der Waals surface area contributed by atoms with Gasteiger partial charge in [0.15, 0.2) is 0 Å². The molecule has 102 valence electrons. The van der Waals surface area contributed by atoms with Crippen molar-refractivity contribution in [2.45, 2.75) is 6.54 Å². The zero-order valence-electron chi connectivity index (χ0n) is 11.2. The van der Waals surface area contributed by atoms with Crippen LogP contribution >= 0.6 is 22.6 Å². The Morgan fingerprint density at radius 3 is 2.52 bits per heavy atom. The maximum Gasteiger partial charge on any atom is 0.0998 e. The Morgan fingerprint density at radius 1 is 1.10 bits per heavy atom. The van der Waals surface area contributed by atoms with Gasteiger partial charge in [0.05, 0.1) is 27.9 Å². The van der Waals surface area contributed by atoms with E-state index < -0.39 is 0 Å². The van der Waals surface area contributed by atoms with Crippen LogP contribution < -0.4 is 0 Å². The highest BCUT2D eigenvalue weighted by molar-refractivity contribution is 14.1. The van der Waals surface area contributed by atoms with Gasteiger partial charge in [-0.3, -0.25) is 4.68 Å². The SMILES string of the molecule is N#Cc1ccccc1-c1ccc(Cn2cc(I)cn2)cc1. The van der Waals surface area contributed by atoms with Gasteiger partial charge in [-0.25, -0.2) is 0 Å². The fraction of sp³-hybridized carbons (Fsp3) is 0.0588. The van der Waals surface area contributed by atoms with E-state index in [1.54, 1.807) is 0 Å². The van der Waals surface area contributed by atoms with E-state index in [0.717, 1.165) is 21.2 Å². The zero-order chi connectivity index (χ0) is 14.7. The van der Waals surface area contributed by atoms with Crippen LogP contribution in [0.15, 0.2) is 60.9 Å². The Balaban J connectivity index is 1.86. The van der Waals surface area contributed by atoms with Crippen LogP contribution in [0.4, 0.5) is 0 Å². The van der Waals surface area contributed by atoms with Crippen molar-refractivity contribution >= 4 is 22.6 Å². The third kappa shape index (κ3) is 3.14. The molecule has 1 heterocycles. The van der Waals surface area contributed by atoms with E-state index in [4.69, 9.17) is 5.26 Å². The lowest BCUT2D eigenvalue weighted by Crippen LogP contribution is -1.99. The molecule has 0 aliphatic rings. The summed E-state index contributed by atoms with van der Waals surface area (Å²) in [5.74, 6) is 0. The van der Waals surface area contributed by atoms with Crippen molar-refractivity contribution in [2.24, 2.45) is 0 Å². The first kappa shape index (κ1) is 13.8. The van der Waals surface area contributed by atoms with Crippen molar-refractivity contribution < 1.29 is 0 Å². The predicted octanol–water partition coefficient (Wildman–Crippen LogP) is 4.07. The maximum absolute atomic E-state index is 9.17. The molecule has 3 nitrogen and oxygen atoms in total. The van der Waals surface area contributed by atoms with Crippen LogP contribution in [-0.2, 0) is 6.54 Å². The summed E-state index contributed by atoms with van der Waals surface area (Å²) in [5, 5.41) is 13.5. The number of nitrogens with zero attached hydrogens (tertiary/aromatic N) is 3. The molecule has 21 heavy (non-hydrogen) atoms. The van der Waals surface area contributed by atoms with Crippen molar-refractivity contribution in [3.63, 3.8) is 0 Å². The maximum atomic E-state index is 9.17. The fourth-order valence-electron chi connectivity index (χ4n) is 2.23. The Kier molecular flexibility index (Phi) is 4.02. The van der Waals surface area contributed by atoms with Crippen LogP contribution in [0.25, 0.3) is 11.1 Å². The molecule has 4 heteroatoms. The summed E-state index contributed by atoms with van der Waals surface area (Å²) in [6.45, 7) is 0.753. The second kappa shape index (κ2) is 6.10. The van der Waals surface area contributed by atoms with Crippen LogP contribution in [0.1, 0.15) is 11.1 Å². The Morgan fingerprint density at radius 2 is 1.86 bits per heavy atom. The highest BCUT2D eigenvalue weighted by Crippen LogP contribution is 2.23. The molecule has 0 atom stereocenters. The molecule has 1 aromatic heterocycles. The molecular weight excluding hydrogens is 373 g/mol. The minimum atomic E-state index is 0.701. The summed E-state index contributed by atoms with van der Waals surface area (Å²) in [6.07, 6.45) is 3.86. The van der Waals surface area contributed by atoms with Gasteiger partial charge in [-0.15, -0.1) is 0 Å². The van der Waals surface area contributed by atoms with Crippen LogP contribution in [0.5, 0.6) is 0 Å². The third-order valence-corrected chi connectivity index (χ3v) is 3.82. The standard InChI is InChI=1S/C17H12IN3/c18-16-10-20-21(12-16)11-13-5-7-14(8-6-13)17-4-2-1-3-15(17)9-19/h1-8,10,12H,11H2. The minimum absolute atomic E-state index is 0.701. The molecule has 0 saturated carbocycles. The predicted molar refractivity (Wildman–Crippen MR) is 90.6 cm³/mol. The van der Waals surface area contributed by atoms with Crippen LogP contribution in [0.3, 0.4) is 0 Å². The summed E-state index contributed by atoms with van der Waals surface area (Å²) < 4.78 is 3.05.